The molecular weight excluding hydrogens is 303 g/mol. The van der Waals surface area contributed by atoms with Gasteiger partial charge in [-0.25, -0.2) is 4.39 Å². The molecule has 0 N–H and O–H groups in total. The summed E-state index contributed by atoms with van der Waals surface area (Å²) in [5.74, 6) is -4.37. The van der Waals surface area contributed by atoms with Crippen LogP contribution >= 0.6 is 0 Å². The highest BCUT2D eigenvalue weighted by molar-refractivity contribution is 5.94. The first kappa shape index (κ1) is 16.8. The fraction of sp³-hybridized carbons (Fsp3) is 0.364. The van der Waals surface area contributed by atoms with Gasteiger partial charge in [-0.05, 0) is 13.0 Å². The number of hydrogen-bond donors (Lipinski definition) is 0. The molecule has 21 heavy (non-hydrogen) atoms. The Morgan fingerprint density at radius 3 is 2.29 bits per heavy atom. The van der Waals surface area contributed by atoms with E-state index in [0.717, 1.165) is 0 Å². The average Bonchev–Trinajstić information content (AvgIpc) is 2.36. The van der Waals surface area contributed by atoms with Crippen molar-refractivity contribution >= 4 is 11.6 Å². The van der Waals surface area contributed by atoms with Crippen LogP contribution in [0, 0.1) is 21.7 Å². The van der Waals surface area contributed by atoms with Gasteiger partial charge >= 0.3 is 11.9 Å². The number of benzene rings is 1. The maximum atomic E-state index is 13.6. The van der Waals surface area contributed by atoms with Crippen molar-refractivity contribution in [1.82, 2.24) is 4.90 Å². The first-order chi connectivity index (χ1) is 9.56. The van der Waals surface area contributed by atoms with E-state index in [2.05, 4.69) is 0 Å². The molecule has 0 aliphatic heterocycles. The van der Waals surface area contributed by atoms with Gasteiger partial charge < -0.3 is 4.90 Å². The quantitative estimate of drug-likeness (QED) is 0.488. The van der Waals surface area contributed by atoms with Crippen LogP contribution in [-0.2, 0) is 0 Å². The summed E-state index contributed by atoms with van der Waals surface area (Å²) in [4.78, 5) is 21.2. The Bertz CT molecular complexity index is 574. The zero-order chi connectivity index (χ0) is 16.4. The third-order valence-corrected chi connectivity index (χ3v) is 2.50. The highest BCUT2D eigenvalue weighted by atomic mass is 19.4. The molecule has 0 saturated heterocycles. The fourth-order valence-electron chi connectivity index (χ4n) is 1.55. The van der Waals surface area contributed by atoms with E-state index in [1.54, 1.807) is 0 Å². The van der Waals surface area contributed by atoms with E-state index in [4.69, 9.17) is 0 Å². The van der Waals surface area contributed by atoms with Crippen molar-refractivity contribution < 1.29 is 31.7 Å². The molecule has 0 bridgehead atoms. The lowest BCUT2D eigenvalue weighted by Gasteiger charge is -2.22. The summed E-state index contributed by atoms with van der Waals surface area (Å²) >= 11 is 0. The molecule has 1 rings (SSSR count). The first-order valence-corrected chi connectivity index (χ1v) is 5.56. The van der Waals surface area contributed by atoms with Crippen LogP contribution in [-0.4, -0.2) is 35.0 Å². The summed E-state index contributed by atoms with van der Waals surface area (Å²) in [5, 5.41) is 10.4. The summed E-state index contributed by atoms with van der Waals surface area (Å²) < 4.78 is 63.7. The van der Waals surface area contributed by atoms with Gasteiger partial charge in [-0.15, -0.1) is 0 Å². The van der Waals surface area contributed by atoms with Gasteiger partial charge in [0.15, 0.2) is 0 Å². The number of nitro groups is 1. The monoisotopic (exact) mass is 312 g/mol. The molecule has 10 heteroatoms. The van der Waals surface area contributed by atoms with Crippen molar-refractivity contribution in [3.8, 4) is 0 Å². The molecule has 1 aromatic rings. The Morgan fingerprint density at radius 2 is 1.86 bits per heavy atom. The third kappa shape index (κ3) is 4.10. The van der Waals surface area contributed by atoms with Crippen molar-refractivity contribution in [3.63, 3.8) is 0 Å². The summed E-state index contributed by atoms with van der Waals surface area (Å²) in [5.41, 5.74) is -2.20. The summed E-state index contributed by atoms with van der Waals surface area (Å²) in [6.07, 6.45) is -4.71. The minimum absolute atomic E-state index is 0.157. The summed E-state index contributed by atoms with van der Waals surface area (Å²) in [7, 11) is 0. The van der Waals surface area contributed by atoms with Gasteiger partial charge in [-0.3, -0.25) is 14.9 Å². The van der Waals surface area contributed by atoms with Gasteiger partial charge in [0.2, 0.25) is 5.82 Å². The maximum absolute atomic E-state index is 13.6. The number of alkyl halides is 3. The van der Waals surface area contributed by atoms with Crippen LogP contribution in [0.15, 0.2) is 12.1 Å². The summed E-state index contributed by atoms with van der Waals surface area (Å²) in [6, 6.07) is 0.374. The number of hydrogen-bond acceptors (Lipinski definition) is 3. The molecule has 0 aliphatic rings. The van der Waals surface area contributed by atoms with E-state index in [1.165, 1.54) is 6.92 Å². The van der Waals surface area contributed by atoms with Crippen LogP contribution in [0.2, 0.25) is 0 Å². The minimum Gasteiger partial charge on any atom is -0.330 e. The molecule has 0 fully saturated rings. The van der Waals surface area contributed by atoms with Gasteiger partial charge in [0, 0.05) is 6.54 Å². The molecule has 1 amide bonds. The molecule has 0 aromatic heterocycles. The molecule has 0 saturated carbocycles. The molecule has 116 valence electrons. The molecule has 0 aliphatic carbocycles. The largest absolute Gasteiger partial charge is 0.406 e. The average molecular weight is 312 g/mol. The second kappa shape index (κ2) is 6.02. The number of nitrogens with zero attached hydrogens (tertiary/aromatic N) is 2. The Balaban J connectivity index is 3.18. The molecular formula is C11H9F5N2O3. The maximum Gasteiger partial charge on any atom is 0.406 e. The van der Waals surface area contributed by atoms with Gasteiger partial charge in [-0.1, -0.05) is 0 Å². The number of rotatable bonds is 4. The van der Waals surface area contributed by atoms with Crippen LogP contribution in [0.4, 0.5) is 27.6 Å². The van der Waals surface area contributed by atoms with Crippen LogP contribution in [0.5, 0.6) is 0 Å². The van der Waals surface area contributed by atoms with E-state index in [9.17, 15) is 36.9 Å². The van der Waals surface area contributed by atoms with E-state index >= 15 is 0 Å². The Kier molecular flexibility index (Phi) is 4.81. The van der Waals surface area contributed by atoms with Gasteiger partial charge in [0.05, 0.1) is 16.6 Å². The van der Waals surface area contributed by atoms with Crippen molar-refractivity contribution in [2.24, 2.45) is 0 Å². The molecule has 5 nitrogen and oxygen atoms in total. The topological polar surface area (TPSA) is 63.5 Å². The van der Waals surface area contributed by atoms with Crippen molar-refractivity contribution in [1.29, 1.82) is 0 Å². The predicted octanol–water partition coefficient (Wildman–Crippen LogP) is 2.90. The minimum atomic E-state index is -4.71. The Hall–Kier alpha value is -2.26. The lowest BCUT2D eigenvalue weighted by molar-refractivity contribution is -0.387. The zero-order valence-corrected chi connectivity index (χ0v) is 10.6. The van der Waals surface area contributed by atoms with Gasteiger partial charge in [-0.2, -0.15) is 17.6 Å². The number of carbonyl (C=O) groups is 1. The van der Waals surface area contributed by atoms with Crippen molar-refractivity contribution in [2.45, 2.75) is 13.1 Å². The van der Waals surface area contributed by atoms with Crippen molar-refractivity contribution in [3.05, 3.63) is 39.4 Å². The SMILES string of the molecule is CCN(CC(F)(F)F)C(=O)c1cc(F)c([N+](=O)[O-])cc1F. The highest BCUT2D eigenvalue weighted by Crippen LogP contribution is 2.24. The normalized spacial score (nSPS) is 11.3. The second-order valence-electron chi connectivity index (χ2n) is 3.98. The van der Waals surface area contributed by atoms with E-state index < -0.39 is 53.0 Å². The third-order valence-electron chi connectivity index (χ3n) is 2.50. The smallest absolute Gasteiger partial charge is 0.330 e. The molecule has 0 spiro atoms. The van der Waals surface area contributed by atoms with Crippen LogP contribution in [0.3, 0.4) is 0 Å². The Labute approximate surface area is 115 Å². The number of amides is 1. The highest BCUT2D eigenvalue weighted by Gasteiger charge is 2.34. The Morgan fingerprint density at radius 1 is 1.29 bits per heavy atom. The van der Waals surface area contributed by atoms with Crippen LogP contribution in [0.1, 0.15) is 17.3 Å². The molecule has 0 radical (unpaired) electrons. The lowest BCUT2D eigenvalue weighted by Crippen LogP contribution is -2.39. The lowest BCUT2D eigenvalue weighted by atomic mass is 10.1. The first-order valence-electron chi connectivity index (χ1n) is 5.56. The predicted molar refractivity (Wildman–Crippen MR) is 60.6 cm³/mol. The number of halogens is 5. The van der Waals surface area contributed by atoms with E-state index in [-0.39, 0.29) is 17.0 Å². The van der Waals surface area contributed by atoms with Crippen LogP contribution in [0.25, 0.3) is 0 Å². The number of nitro benzene ring substituents is 1. The van der Waals surface area contributed by atoms with Crippen LogP contribution < -0.4 is 0 Å². The zero-order valence-electron chi connectivity index (χ0n) is 10.6. The van der Waals surface area contributed by atoms with Crippen molar-refractivity contribution in [2.75, 3.05) is 13.1 Å². The fourth-order valence-corrected chi connectivity index (χ4v) is 1.55. The molecule has 1 aromatic carbocycles. The molecule has 0 heterocycles. The standard InChI is InChI=1S/C11H9F5N2O3/c1-2-17(5-11(14,15)16)10(19)6-3-8(13)9(18(20)21)4-7(6)12/h3-4H,2,5H2,1H3. The summed E-state index contributed by atoms with van der Waals surface area (Å²) in [6.45, 7) is -0.805. The number of carbonyl (C=O) groups excluding carboxylic acids is 1. The van der Waals surface area contributed by atoms with Gasteiger partial charge in [0.25, 0.3) is 5.91 Å². The second-order valence-corrected chi connectivity index (χ2v) is 3.98. The van der Waals surface area contributed by atoms with E-state index in [1.807, 2.05) is 0 Å². The molecule has 0 atom stereocenters. The van der Waals surface area contributed by atoms with E-state index in [0.29, 0.717) is 0 Å². The molecule has 0 unspecified atom stereocenters. The van der Waals surface area contributed by atoms with Gasteiger partial charge in [0.1, 0.15) is 12.4 Å².